The highest BCUT2D eigenvalue weighted by Crippen LogP contribution is 2.20. The minimum atomic E-state index is -0.158. The smallest absolute Gasteiger partial charge is 0.226 e. The molecule has 0 spiro atoms. The molecular formula is C14H16ClNO3. The monoisotopic (exact) mass is 281 g/mol. The summed E-state index contributed by atoms with van der Waals surface area (Å²) in [6.07, 6.45) is 0.659. The SMILES string of the molecule is COCCC(=O)Nc1cc(Cl)ccc1C#CCCO. The van der Waals surface area contributed by atoms with Crippen molar-refractivity contribution in [2.45, 2.75) is 12.8 Å². The molecule has 0 aromatic heterocycles. The Morgan fingerprint density at radius 3 is 3.00 bits per heavy atom. The number of ether oxygens (including phenoxy) is 1. The molecule has 19 heavy (non-hydrogen) atoms. The number of benzene rings is 1. The molecule has 0 radical (unpaired) electrons. The van der Waals surface area contributed by atoms with Gasteiger partial charge in [-0.2, -0.15) is 0 Å². The largest absolute Gasteiger partial charge is 0.395 e. The molecule has 0 heterocycles. The van der Waals surface area contributed by atoms with E-state index in [-0.39, 0.29) is 18.9 Å². The summed E-state index contributed by atoms with van der Waals surface area (Å²) in [7, 11) is 1.54. The van der Waals surface area contributed by atoms with Crippen LogP contribution in [0.25, 0.3) is 0 Å². The van der Waals surface area contributed by atoms with Crippen molar-refractivity contribution in [3.05, 3.63) is 28.8 Å². The van der Waals surface area contributed by atoms with E-state index in [0.717, 1.165) is 0 Å². The van der Waals surface area contributed by atoms with Crippen LogP contribution in [0.15, 0.2) is 18.2 Å². The molecular weight excluding hydrogens is 266 g/mol. The molecule has 0 aliphatic carbocycles. The van der Waals surface area contributed by atoms with Gasteiger partial charge >= 0.3 is 0 Å². The van der Waals surface area contributed by atoms with Gasteiger partial charge in [0.25, 0.3) is 0 Å². The van der Waals surface area contributed by atoms with E-state index in [1.165, 1.54) is 0 Å². The maximum Gasteiger partial charge on any atom is 0.226 e. The quantitative estimate of drug-likeness (QED) is 0.812. The molecule has 0 fully saturated rings. The van der Waals surface area contributed by atoms with Gasteiger partial charge in [0, 0.05) is 24.1 Å². The lowest BCUT2D eigenvalue weighted by Gasteiger charge is -2.07. The zero-order chi connectivity index (χ0) is 14.1. The van der Waals surface area contributed by atoms with Crippen LogP contribution in [0.1, 0.15) is 18.4 Å². The van der Waals surface area contributed by atoms with Crippen molar-refractivity contribution in [3.8, 4) is 11.8 Å². The van der Waals surface area contributed by atoms with Crippen LogP contribution in [0.2, 0.25) is 5.02 Å². The highest BCUT2D eigenvalue weighted by Gasteiger charge is 2.06. The molecule has 1 rings (SSSR count). The molecule has 0 aliphatic rings. The summed E-state index contributed by atoms with van der Waals surface area (Å²) in [5.74, 6) is 5.54. The number of anilines is 1. The maximum atomic E-state index is 11.6. The average Bonchev–Trinajstić information content (AvgIpc) is 2.39. The lowest BCUT2D eigenvalue weighted by molar-refractivity contribution is -0.117. The number of amides is 1. The van der Waals surface area contributed by atoms with Crippen molar-refractivity contribution in [2.75, 3.05) is 25.6 Å². The third-order valence-corrected chi connectivity index (χ3v) is 2.48. The second kappa shape index (κ2) is 8.54. The molecule has 1 aromatic carbocycles. The van der Waals surface area contributed by atoms with Gasteiger partial charge in [0.05, 0.1) is 25.3 Å². The molecule has 0 aliphatic heterocycles. The van der Waals surface area contributed by atoms with E-state index in [0.29, 0.717) is 29.3 Å². The Hall–Kier alpha value is -1.54. The number of carbonyl (C=O) groups is 1. The highest BCUT2D eigenvalue weighted by atomic mass is 35.5. The molecule has 1 aromatic rings. The molecule has 0 bridgehead atoms. The van der Waals surface area contributed by atoms with Crippen molar-refractivity contribution in [2.24, 2.45) is 0 Å². The van der Waals surface area contributed by atoms with Gasteiger partial charge in [0.1, 0.15) is 0 Å². The van der Waals surface area contributed by atoms with E-state index in [9.17, 15) is 4.79 Å². The Kier molecular flexibility index (Phi) is 6.98. The van der Waals surface area contributed by atoms with Crippen LogP contribution in [0.3, 0.4) is 0 Å². The van der Waals surface area contributed by atoms with E-state index in [1.54, 1.807) is 25.3 Å². The Labute approximate surface area is 117 Å². The minimum Gasteiger partial charge on any atom is -0.395 e. The van der Waals surface area contributed by atoms with Crippen LogP contribution in [0, 0.1) is 11.8 Å². The van der Waals surface area contributed by atoms with E-state index < -0.39 is 0 Å². The number of carbonyl (C=O) groups excluding carboxylic acids is 1. The lowest BCUT2D eigenvalue weighted by atomic mass is 10.1. The van der Waals surface area contributed by atoms with Crippen molar-refractivity contribution in [1.29, 1.82) is 0 Å². The normalized spacial score (nSPS) is 9.63. The topological polar surface area (TPSA) is 58.6 Å². The second-order valence-electron chi connectivity index (χ2n) is 3.76. The summed E-state index contributed by atoms with van der Waals surface area (Å²) < 4.78 is 4.84. The molecule has 0 unspecified atom stereocenters. The van der Waals surface area contributed by atoms with Gasteiger partial charge in [-0.05, 0) is 18.2 Å². The zero-order valence-electron chi connectivity index (χ0n) is 10.7. The summed E-state index contributed by atoms with van der Waals surface area (Å²) in [5, 5.41) is 12.0. The number of rotatable bonds is 5. The molecule has 0 saturated heterocycles. The van der Waals surface area contributed by atoms with Crippen LogP contribution in [-0.2, 0) is 9.53 Å². The zero-order valence-corrected chi connectivity index (χ0v) is 11.5. The van der Waals surface area contributed by atoms with Crippen LogP contribution >= 0.6 is 11.6 Å². The molecule has 0 atom stereocenters. The summed E-state index contributed by atoms with van der Waals surface area (Å²) in [6.45, 7) is 0.369. The first-order valence-electron chi connectivity index (χ1n) is 5.85. The molecule has 5 heteroatoms. The Morgan fingerprint density at radius 2 is 2.32 bits per heavy atom. The molecule has 1 amide bonds. The van der Waals surface area contributed by atoms with Gasteiger partial charge in [0.2, 0.25) is 5.91 Å². The second-order valence-corrected chi connectivity index (χ2v) is 4.19. The lowest BCUT2D eigenvalue weighted by Crippen LogP contribution is -2.14. The van der Waals surface area contributed by atoms with Crippen molar-refractivity contribution < 1.29 is 14.6 Å². The van der Waals surface area contributed by atoms with Crippen LogP contribution in [0.5, 0.6) is 0 Å². The number of methoxy groups -OCH3 is 1. The van der Waals surface area contributed by atoms with E-state index in [1.807, 2.05) is 0 Å². The molecule has 0 saturated carbocycles. The molecule has 102 valence electrons. The van der Waals surface area contributed by atoms with E-state index in [4.69, 9.17) is 21.4 Å². The van der Waals surface area contributed by atoms with Gasteiger partial charge in [-0.1, -0.05) is 23.4 Å². The average molecular weight is 282 g/mol. The predicted molar refractivity (Wildman–Crippen MR) is 75.2 cm³/mol. The first kappa shape index (κ1) is 15.5. The van der Waals surface area contributed by atoms with Gasteiger partial charge < -0.3 is 15.2 Å². The van der Waals surface area contributed by atoms with Crippen LogP contribution in [0.4, 0.5) is 5.69 Å². The first-order valence-corrected chi connectivity index (χ1v) is 6.23. The summed E-state index contributed by atoms with van der Waals surface area (Å²) in [6, 6.07) is 5.09. The first-order chi connectivity index (χ1) is 9.17. The number of hydrogen-bond donors (Lipinski definition) is 2. The molecule has 2 N–H and O–H groups in total. The minimum absolute atomic E-state index is 0.0100. The van der Waals surface area contributed by atoms with E-state index in [2.05, 4.69) is 17.2 Å². The number of halogens is 1. The fourth-order valence-corrected chi connectivity index (χ4v) is 1.52. The van der Waals surface area contributed by atoms with Crippen LogP contribution < -0.4 is 5.32 Å². The summed E-state index contributed by atoms with van der Waals surface area (Å²) in [4.78, 5) is 11.6. The fourth-order valence-electron chi connectivity index (χ4n) is 1.35. The number of aliphatic hydroxyl groups excluding tert-OH is 1. The summed E-state index contributed by atoms with van der Waals surface area (Å²) >= 11 is 5.90. The Morgan fingerprint density at radius 1 is 1.53 bits per heavy atom. The third kappa shape index (κ3) is 5.75. The summed E-state index contributed by atoms with van der Waals surface area (Å²) in [5.41, 5.74) is 1.24. The highest BCUT2D eigenvalue weighted by molar-refractivity contribution is 6.31. The third-order valence-electron chi connectivity index (χ3n) is 2.25. The van der Waals surface area contributed by atoms with Crippen molar-refractivity contribution in [3.63, 3.8) is 0 Å². The van der Waals surface area contributed by atoms with Gasteiger partial charge in [-0.3, -0.25) is 4.79 Å². The van der Waals surface area contributed by atoms with E-state index >= 15 is 0 Å². The Bertz CT molecular complexity index is 491. The predicted octanol–water partition coefficient (Wildman–Crippen LogP) is 2.05. The van der Waals surface area contributed by atoms with Gasteiger partial charge in [-0.25, -0.2) is 0 Å². The van der Waals surface area contributed by atoms with Gasteiger partial charge in [0.15, 0.2) is 0 Å². The fraction of sp³-hybridized carbons (Fsp3) is 0.357. The maximum absolute atomic E-state index is 11.6. The number of nitrogens with one attached hydrogen (secondary N) is 1. The van der Waals surface area contributed by atoms with Crippen molar-refractivity contribution >= 4 is 23.2 Å². The Balaban J connectivity index is 2.83. The van der Waals surface area contributed by atoms with Crippen molar-refractivity contribution in [1.82, 2.24) is 0 Å². The molecule has 4 nitrogen and oxygen atoms in total. The van der Waals surface area contributed by atoms with Crippen LogP contribution in [-0.4, -0.2) is 31.3 Å². The number of hydrogen-bond acceptors (Lipinski definition) is 3. The standard InChI is InChI=1S/C14H16ClNO3/c1-19-9-7-14(18)16-13-10-12(15)6-5-11(13)4-2-3-8-17/h5-6,10,17H,3,7-9H2,1H3,(H,16,18). The number of aliphatic hydroxyl groups is 1. The van der Waals surface area contributed by atoms with Gasteiger partial charge in [-0.15, -0.1) is 0 Å².